The highest BCUT2D eigenvalue weighted by Gasteiger charge is 2.15. The molecule has 0 bridgehead atoms. The van der Waals surface area contributed by atoms with Gasteiger partial charge in [0.15, 0.2) is 0 Å². The summed E-state index contributed by atoms with van der Waals surface area (Å²) in [7, 11) is 2.13. The summed E-state index contributed by atoms with van der Waals surface area (Å²) >= 11 is 3.64. The van der Waals surface area contributed by atoms with E-state index in [0.717, 1.165) is 6.54 Å². The number of rotatable bonds is 2. The van der Waals surface area contributed by atoms with Gasteiger partial charge >= 0.3 is 0 Å². The van der Waals surface area contributed by atoms with Crippen molar-refractivity contribution >= 4 is 26.8 Å². The van der Waals surface area contributed by atoms with Crippen LogP contribution in [0.4, 0.5) is 0 Å². The van der Waals surface area contributed by atoms with E-state index >= 15 is 0 Å². The summed E-state index contributed by atoms with van der Waals surface area (Å²) in [6.07, 6.45) is 4.98. The van der Waals surface area contributed by atoms with Crippen LogP contribution in [-0.2, 0) is 13.6 Å². The Bertz CT molecular complexity index is 538. The van der Waals surface area contributed by atoms with Crippen LogP contribution in [0.3, 0.4) is 0 Å². The number of para-hydroxylation sites is 1. The lowest BCUT2D eigenvalue weighted by atomic mass is 10.1. The minimum atomic E-state index is 1.09. The number of aromatic nitrogens is 1. The minimum Gasteiger partial charge on any atom is -0.349 e. The first kappa shape index (κ1) is 11.3. The monoisotopic (exact) mass is 292 g/mol. The summed E-state index contributed by atoms with van der Waals surface area (Å²) in [5.41, 5.74) is 2.76. The summed E-state index contributed by atoms with van der Waals surface area (Å²) in [5.74, 6) is 0. The maximum absolute atomic E-state index is 3.64. The third-order valence-corrected chi connectivity index (χ3v) is 4.27. The molecule has 1 aromatic carbocycles. The molecule has 0 aliphatic carbocycles. The van der Waals surface area contributed by atoms with Gasteiger partial charge in [0.2, 0.25) is 0 Å². The fourth-order valence-corrected chi connectivity index (χ4v) is 3.45. The SMILES string of the molecule is Cn1cc(CN2CCCC2)c2cccc(Br)c21. The van der Waals surface area contributed by atoms with Crippen molar-refractivity contribution in [2.24, 2.45) is 7.05 Å². The molecule has 0 radical (unpaired) electrons. The van der Waals surface area contributed by atoms with Crippen molar-refractivity contribution in [3.05, 3.63) is 34.4 Å². The van der Waals surface area contributed by atoms with Gasteiger partial charge in [-0.05, 0) is 53.5 Å². The Morgan fingerprint density at radius 2 is 2.00 bits per heavy atom. The first-order valence-corrected chi connectivity index (χ1v) is 7.00. The smallest absolute Gasteiger partial charge is 0.0625 e. The molecule has 0 N–H and O–H groups in total. The normalized spacial score (nSPS) is 17.1. The number of hydrogen-bond acceptors (Lipinski definition) is 1. The molecule has 1 fully saturated rings. The Kier molecular flexibility index (Phi) is 2.97. The summed E-state index contributed by atoms with van der Waals surface area (Å²) in [6.45, 7) is 3.60. The number of fused-ring (bicyclic) bond motifs is 1. The van der Waals surface area contributed by atoms with Gasteiger partial charge in [-0.1, -0.05) is 12.1 Å². The molecule has 2 heterocycles. The van der Waals surface area contributed by atoms with Crippen molar-refractivity contribution in [3.8, 4) is 0 Å². The van der Waals surface area contributed by atoms with E-state index in [1.807, 2.05) is 0 Å². The van der Waals surface area contributed by atoms with Gasteiger partial charge in [-0.25, -0.2) is 0 Å². The van der Waals surface area contributed by atoms with E-state index in [1.54, 1.807) is 0 Å². The van der Waals surface area contributed by atoms with Crippen LogP contribution in [0.2, 0.25) is 0 Å². The number of hydrogen-bond donors (Lipinski definition) is 0. The van der Waals surface area contributed by atoms with E-state index in [-0.39, 0.29) is 0 Å². The Balaban J connectivity index is 2.01. The third kappa shape index (κ3) is 2.02. The van der Waals surface area contributed by atoms with Gasteiger partial charge in [-0.2, -0.15) is 0 Å². The van der Waals surface area contributed by atoms with Crippen LogP contribution < -0.4 is 0 Å². The Morgan fingerprint density at radius 1 is 1.24 bits per heavy atom. The Hall–Kier alpha value is -0.800. The predicted octanol–water partition coefficient (Wildman–Crippen LogP) is 3.54. The lowest BCUT2D eigenvalue weighted by Gasteiger charge is -2.13. The second-order valence-electron chi connectivity index (χ2n) is 4.88. The van der Waals surface area contributed by atoms with Crippen molar-refractivity contribution in [1.82, 2.24) is 9.47 Å². The number of likely N-dealkylation sites (tertiary alicyclic amines) is 1. The number of nitrogens with zero attached hydrogens (tertiary/aromatic N) is 2. The molecular formula is C14H17BrN2. The number of aryl methyl sites for hydroxylation is 1. The average molecular weight is 293 g/mol. The van der Waals surface area contributed by atoms with Gasteiger partial charge < -0.3 is 4.57 Å². The zero-order valence-corrected chi connectivity index (χ0v) is 11.7. The van der Waals surface area contributed by atoms with Crippen molar-refractivity contribution in [2.75, 3.05) is 13.1 Å². The first-order chi connectivity index (χ1) is 8.25. The molecule has 90 valence electrons. The second kappa shape index (κ2) is 4.46. The maximum Gasteiger partial charge on any atom is 0.0625 e. The van der Waals surface area contributed by atoms with Gasteiger partial charge in [-0.3, -0.25) is 4.90 Å². The molecule has 0 saturated carbocycles. The van der Waals surface area contributed by atoms with Gasteiger partial charge in [0.1, 0.15) is 0 Å². The van der Waals surface area contributed by atoms with E-state index in [4.69, 9.17) is 0 Å². The fourth-order valence-electron chi connectivity index (χ4n) is 2.81. The summed E-state index contributed by atoms with van der Waals surface area (Å²) < 4.78 is 3.41. The van der Waals surface area contributed by atoms with Crippen LogP contribution in [0.15, 0.2) is 28.9 Å². The van der Waals surface area contributed by atoms with Gasteiger partial charge in [-0.15, -0.1) is 0 Å². The van der Waals surface area contributed by atoms with Crippen molar-refractivity contribution in [3.63, 3.8) is 0 Å². The van der Waals surface area contributed by atoms with Crippen LogP contribution in [-0.4, -0.2) is 22.6 Å². The molecule has 1 aliphatic heterocycles. The fraction of sp³-hybridized carbons (Fsp3) is 0.429. The Labute approximate surface area is 110 Å². The summed E-state index contributed by atoms with van der Waals surface area (Å²) in [6, 6.07) is 6.47. The van der Waals surface area contributed by atoms with Gasteiger partial charge in [0.05, 0.1) is 5.52 Å². The first-order valence-electron chi connectivity index (χ1n) is 6.20. The van der Waals surface area contributed by atoms with Crippen molar-refractivity contribution in [2.45, 2.75) is 19.4 Å². The minimum absolute atomic E-state index is 1.09. The molecule has 2 nitrogen and oxygen atoms in total. The van der Waals surface area contributed by atoms with Crippen LogP contribution in [0.1, 0.15) is 18.4 Å². The Morgan fingerprint density at radius 3 is 2.76 bits per heavy atom. The topological polar surface area (TPSA) is 8.17 Å². The molecule has 0 atom stereocenters. The molecule has 17 heavy (non-hydrogen) atoms. The van der Waals surface area contributed by atoms with E-state index in [1.165, 1.54) is 46.9 Å². The van der Waals surface area contributed by atoms with E-state index in [0.29, 0.717) is 0 Å². The van der Waals surface area contributed by atoms with Crippen LogP contribution >= 0.6 is 15.9 Å². The average Bonchev–Trinajstić information content (AvgIpc) is 2.90. The molecule has 3 rings (SSSR count). The van der Waals surface area contributed by atoms with Gasteiger partial charge in [0.25, 0.3) is 0 Å². The molecule has 3 heteroatoms. The standard InChI is InChI=1S/C14H17BrN2/c1-16-9-11(10-17-7-2-3-8-17)12-5-4-6-13(15)14(12)16/h4-6,9H,2-3,7-8,10H2,1H3. The maximum atomic E-state index is 3.64. The molecule has 0 amide bonds. The molecule has 0 spiro atoms. The lowest BCUT2D eigenvalue weighted by molar-refractivity contribution is 0.332. The zero-order chi connectivity index (χ0) is 11.8. The van der Waals surface area contributed by atoms with Crippen molar-refractivity contribution in [1.29, 1.82) is 0 Å². The zero-order valence-electron chi connectivity index (χ0n) is 10.1. The largest absolute Gasteiger partial charge is 0.349 e. The highest BCUT2D eigenvalue weighted by Crippen LogP contribution is 2.28. The highest BCUT2D eigenvalue weighted by molar-refractivity contribution is 9.10. The molecule has 1 aliphatic rings. The highest BCUT2D eigenvalue weighted by atomic mass is 79.9. The molecule has 1 saturated heterocycles. The molecule has 2 aromatic rings. The van der Waals surface area contributed by atoms with Crippen LogP contribution in [0.5, 0.6) is 0 Å². The summed E-state index contributed by atoms with van der Waals surface area (Å²) in [5, 5.41) is 1.38. The molecular weight excluding hydrogens is 276 g/mol. The van der Waals surface area contributed by atoms with Gasteiger partial charge in [0, 0.05) is 29.6 Å². The van der Waals surface area contributed by atoms with Crippen molar-refractivity contribution < 1.29 is 0 Å². The molecule has 1 aromatic heterocycles. The molecule has 0 unspecified atom stereocenters. The quantitative estimate of drug-likeness (QED) is 0.822. The summed E-state index contributed by atoms with van der Waals surface area (Å²) in [4.78, 5) is 2.55. The van der Waals surface area contributed by atoms with Crippen LogP contribution in [0, 0.1) is 0 Å². The van der Waals surface area contributed by atoms with E-state index in [9.17, 15) is 0 Å². The van der Waals surface area contributed by atoms with E-state index < -0.39 is 0 Å². The second-order valence-corrected chi connectivity index (χ2v) is 5.74. The van der Waals surface area contributed by atoms with E-state index in [2.05, 4.69) is 56.8 Å². The number of benzene rings is 1. The lowest BCUT2D eigenvalue weighted by Crippen LogP contribution is -2.18. The number of halogens is 1. The van der Waals surface area contributed by atoms with Crippen LogP contribution in [0.25, 0.3) is 10.9 Å². The third-order valence-electron chi connectivity index (χ3n) is 3.63. The predicted molar refractivity (Wildman–Crippen MR) is 75.1 cm³/mol.